The second-order valence-corrected chi connectivity index (χ2v) is 5.75. The van der Waals surface area contributed by atoms with Crippen molar-refractivity contribution in [3.8, 4) is 5.75 Å². The third kappa shape index (κ3) is 2.40. The molecule has 0 radical (unpaired) electrons. The fourth-order valence-electron chi connectivity index (χ4n) is 2.95. The molecule has 0 saturated heterocycles. The normalized spacial score (nSPS) is 10.9. The van der Waals surface area contributed by atoms with Crippen LogP contribution in [-0.4, -0.2) is 5.97 Å². The Bertz CT molecular complexity index is 1020. The Kier molecular flexibility index (Phi) is 3.47. The smallest absolute Gasteiger partial charge is 0.345 e. The number of aryl methyl sites for hydroxylation is 1. The number of aromatic amines is 1. The number of para-hydroxylation sites is 3. The molecule has 3 nitrogen and oxygen atoms in total. The van der Waals surface area contributed by atoms with Crippen molar-refractivity contribution in [2.24, 2.45) is 0 Å². The SMILES string of the molecule is Cc1ccccc1OC(=O)c1c2ccccc2[nH+]c2ccccc12. The van der Waals surface area contributed by atoms with Crippen molar-refractivity contribution >= 4 is 27.8 Å². The van der Waals surface area contributed by atoms with Gasteiger partial charge in [-0.05, 0) is 30.7 Å². The molecule has 0 atom stereocenters. The van der Waals surface area contributed by atoms with Crippen molar-refractivity contribution in [3.05, 3.63) is 83.9 Å². The summed E-state index contributed by atoms with van der Waals surface area (Å²) in [6.07, 6.45) is 0. The molecule has 1 N–H and O–H groups in total. The Balaban J connectivity index is 1.93. The highest BCUT2D eigenvalue weighted by atomic mass is 16.5. The van der Waals surface area contributed by atoms with Crippen LogP contribution in [-0.2, 0) is 0 Å². The summed E-state index contributed by atoms with van der Waals surface area (Å²) in [5, 5.41) is 1.71. The molecular formula is C21H16NO2+. The molecule has 1 heterocycles. The molecule has 3 aromatic carbocycles. The number of esters is 1. The molecule has 0 spiro atoms. The van der Waals surface area contributed by atoms with Gasteiger partial charge in [-0.1, -0.05) is 42.5 Å². The number of rotatable bonds is 2. The number of aromatic nitrogens is 1. The number of hydrogen-bond donors (Lipinski definition) is 0. The van der Waals surface area contributed by atoms with E-state index in [1.54, 1.807) is 0 Å². The average Bonchev–Trinajstić information content (AvgIpc) is 2.61. The third-order valence-corrected chi connectivity index (χ3v) is 4.16. The van der Waals surface area contributed by atoms with Gasteiger partial charge in [0, 0.05) is 12.1 Å². The average molecular weight is 314 g/mol. The molecule has 4 aromatic rings. The minimum atomic E-state index is -0.342. The summed E-state index contributed by atoms with van der Waals surface area (Å²) in [5.74, 6) is 0.245. The minimum absolute atomic E-state index is 0.342. The number of carbonyl (C=O) groups excluding carboxylic acids is 1. The summed E-state index contributed by atoms with van der Waals surface area (Å²) >= 11 is 0. The summed E-state index contributed by atoms with van der Waals surface area (Å²) in [6.45, 7) is 1.93. The molecule has 0 aliphatic rings. The molecule has 0 unspecified atom stereocenters. The van der Waals surface area contributed by atoms with Crippen LogP contribution in [0.2, 0.25) is 0 Å². The van der Waals surface area contributed by atoms with Gasteiger partial charge in [0.15, 0.2) is 0 Å². The molecule has 1 aromatic heterocycles. The first kappa shape index (κ1) is 14.4. The number of carbonyl (C=O) groups is 1. The van der Waals surface area contributed by atoms with Gasteiger partial charge in [0.25, 0.3) is 0 Å². The number of ether oxygens (including phenoxy) is 1. The predicted octanol–water partition coefficient (Wildman–Crippen LogP) is 4.33. The molecular weight excluding hydrogens is 298 g/mol. The summed E-state index contributed by atoms with van der Waals surface area (Å²) < 4.78 is 5.69. The van der Waals surface area contributed by atoms with Crippen molar-refractivity contribution in [1.29, 1.82) is 0 Å². The molecule has 0 aliphatic heterocycles. The van der Waals surface area contributed by atoms with Crippen LogP contribution in [0.1, 0.15) is 15.9 Å². The number of pyridine rings is 1. The Hall–Kier alpha value is -3.20. The van der Waals surface area contributed by atoms with E-state index in [1.807, 2.05) is 79.7 Å². The Morgan fingerprint density at radius 2 is 1.33 bits per heavy atom. The summed E-state index contributed by atoms with van der Waals surface area (Å²) in [6, 6.07) is 23.1. The number of H-pyrrole nitrogens is 1. The molecule has 0 saturated carbocycles. The van der Waals surface area contributed by atoms with Crippen molar-refractivity contribution in [1.82, 2.24) is 0 Å². The standard InChI is InChI=1S/C21H15NO2/c1-14-8-2-7-13-19(14)24-21(23)20-15-9-3-5-11-17(15)22-18-12-6-4-10-16(18)20/h2-13H,1H3/p+1. The summed E-state index contributed by atoms with van der Waals surface area (Å²) in [7, 11) is 0. The molecule has 3 heteroatoms. The highest BCUT2D eigenvalue weighted by Crippen LogP contribution is 2.26. The zero-order valence-corrected chi connectivity index (χ0v) is 13.2. The second-order valence-electron chi connectivity index (χ2n) is 5.75. The Morgan fingerprint density at radius 3 is 1.96 bits per heavy atom. The molecule has 116 valence electrons. The van der Waals surface area contributed by atoms with Gasteiger partial charge in [-0.15, -0.1) is 0 Å². The molecule has 0 aliphatic carbocycles. The molecule has 4 rings (SSSR count). The zero-order chi connectivity index (χ0) is 16.5. The van der Waals surface area contributed by atoms with Crippen LogP contribution in [0.3, 0.4) is 0 Å². The lowest BCUT2D eigenvalue weighted by Gasteiger charge is -2.09. The fourth-order valence-corrected chi connectivity index (χ4v) is 2.95. The largest absolute Gasteiger partial charge is 0.423 e. The maximum atomic E-state index is 13.0. The Morgan fingerprint density at radius 1 is 0.792 bits per heavy atom. The molecule has 24 heavy (non-hydrogen) atoms. The zero-order valence-electron chi connectivity index (χ0n) is 13.2. The van der Waals surface area contributed by atoms with Gasteiger partial charge in [0.1, 0.15) is 5.75 Å². The topological polar surface area (TPSA) is 40.4 Å². The second kappa shape index (κ2) is 5.78. The van der Waals surface area contributed by atoms with E-state index in [4.69, 9.17) is 4.74 Å². The first-order chi connectivity index (χ1) is 11.7. The van der Waals surface area contributed by atoms with E-state index in [2.05, 4.69) is 4.98 Å². The van der Waals surface area contributed by atoms with E-state index < -0.39 is 0 Å². The van der Waals surface area contributed by atoms with E-state index >= 15 is 0 Å². The fraction of sp³-hybridized carbons (Fsp3) is 0.0476. The first-order valence-electron chi connectivity index (χ1n) is 7.84. The molecule has 0 fully saturated rings. The van der Waals surface area contributed by atoms with Crippen LogP contribution >= 0.6 is 0 Å². The van der Waals surface area contributed by atoms with Crippen LogP contribution in [0.4, 0.5) is 0 Å². The van der Waals surface area contributed by atoms with Crippen molar-refractivity contribution < 1.29 is 14.5 Å². The van der Waals surface area contributed by atoms with Crippen molar-refractivity contribution in [3.63, 3.8) is 0 Å². The number of hydrogen-bond acceptors (Lipinski definition) is 2. The number of nitrogens with one attached hydrogen (secondary N) is 1. The van der Waals surface area contributed by atoms with Crippen LogP contribution in [0.15, 0.2) is 72.8 Å². The van der Waals surface area contributed by atoms with Crippen molar-refractivity contribution in [2.45, 2.75) is 6.92 Å². The van der Waals surface area contributed by atoms with Gasteiger partial charge in [-0.2, -0.15) is 0 Å². The Labute approximate surface area is 139 Å². The van der Waals surface area contributed by atoms with Gasteiger partial charge in [-0.25, -0.2) is 9.78 Å². The highest BCUT2D eigenvalue weighted by molar-refractivity contribution is 6.13. The van der Waals surface area contributed by atoms with Gasteiger partial charge >= 0.3 is 5.97 Å². The van der Waals surface area contributed by atoms with Crippen LogP contribution in [0.5, 0.6) is 5.75 Å². The quantitative estimate of drug-likeness (QED) is 0.314. The predicted molar refractivity (Wildman–Crippen MR) is 94.1 cm³/mol. The monoisotopic (exact) mass is 314 g/mol. The number of fused-ring (bicyclic) bond motifs is 2. The van der Waals surface area contributed by atoms with Crippen LogP contribution < -0.4 is 9.72 Å². The van der Waals surface area contributed by atoms with Gasteiger partial charge < -0.3 is 4.74 Å². The van der Waals surface area contributed by atoms with Gasteiger partial charge in [0.2, 0.25) is 11.0 Å². The lowest BCUT2D eigenvalue weighted by molar-refractivity contribution is -0.310. The summed E-state index contributed by atoms with van der Waals surface area (Å²) in [5.41, 5.74) is 3.34. The van der Waals surface area contributed by atoms with Crippen molar-refractivity contribution in [2.75, 3.05) is 0 Å². The van der Waals surface area contributed by atoms with E-state index in [-0.39, 0.29) is 5.97 Å². The van der Waals surface area contributed by atoms with Crippen LogP contribution in [0.25, 0.3) is 21.8 Å². The maximum absolute atomic E-state index is 13.0. The maximum Gasteiger partial charge on any atom is 0.345 e. The van der Waals surface area contributed by atoms with Gasteiger partial charge in [0.05, 0.1) is 16.3 Å². The lowest BCUT2D eigenvalue weighted by Crippen LogP contribution is -2.15. The summed E-state index contributed by atoms with van der Waals surface area (Å²) in [4.78, 5) is 16.3. The van der Waals surface area contributed by atoms with Crippen LogP contribution in [0, 0.1) is 6.92 Å². The van der Waals surface area contributed by atoms with Gasteiger partial charge in [-0.3, -0.25) is 0 Å². The first-order valence-corrected chi connectivity index (χ1v) is 7.84. The number of benzene rings is 3. The van der Waals surface area contributed by atoms with E-state index in [9.17, 15) is 4.79 Å². The van der Waals surface area contributed by atoms with E-state index in [0.29, 0.717) is 11.3 Å². The molecule has 0 bridgehead atoms. The van der Waals surface area contributed by atoms with E-state index in [0.717, 1.165) is 27.4 Å². The lowest BCUT2D eigenvalue weighted by atomic mass is 10.0. The highest BCUT2D eigenvalue weighted by Gasteiger charge is 2.21. The third-order valence-electron chi connectivity index (χ3n) is 4.16. The van der Waals surface area contributed by atoms with E-state index in [1.165, 1.54) is 0 Å². The minimum Gasteiger partial charge on any atom is -0.423 e. The molecule has 0 amide bonds.